The smallest absolute Gasteiger partial charge is 0.363 e. The zero-order valence-corrected chi connectivity index (χ0v) is 12.1. The molecule has 0 atom stereocenters. The average Bonchev–Trinajstić information content (AvgIpc) is 3.16. The van der Waals surface area contributed by atoms with E-state index in [1.54, 1.807) is 18.2 Å². The minimum atomic E-state index is -0.494. The molecule has 0 fully saturated rings. The molecule has 0 radical (unpaired) electrons. The average molecular weight is 297 g/mol. The minimum Gasteiger partial charge on any atom is -0.494 e. The number of hydrogen-bond donors (Lipinski definition) is 0. The van der Waals surface area contributed by atoms with Crippen molar-refractivity contribution in [2.75, 3.05) is 6.61 Å². The van der Waals surface area contributed by atoms with Gasteiger partial charge in [0.05, 0.1) is 12.9 Å². The number of aliphatic imine (C=N–C) groups is 1. The van der Waals surface area contributed by atoms with E-state index in [4.69, 9.17) is 13.9 Å². The largest absolute Gasteiger partial charge is 0.494 e. The van der Waals surface area contributed by atoms with Crippen molar-refractivity contribution < 1.29 is 18.7 Å². The van der Waals surface area contributed by atoms with Gasteiger partial charge in [0.25, 0.3) is 5.90 Å². The fourth-order valence-corrected chi connectivity index (χ4v) is 1.99. The molecule has 5 heteroatoms. The number of benzene rings is 1. The summed E-state index contributed by atoms with van der Waals surface area (Å²) in [7, 11) is 0. The molecular formula is C17H15NO4. The molecule has 0 amide bonds. The van der Waals surface area contributed by atoms with Crippen LogP contribution in [0.15, 0.2) is 57.8 Å². The summed E-state index contributed by atoms with van der Waals surface area (Å²) in [6, 6.07) is 10.9. The van der Waals surface area contributed by atoms with Gasteiger partial charge in [0.15, 0.2) is 11.5 Å². The third kappa shape index (κ3) is 3.09. The number of cyclic esters (lactones) is 1. The topological polar surface area (TPSA) is 61.0 Å². The molecule has 1 aliphatic heterocycles. The highest BCUT2D eigenvalue weighted by atomic mass is 16.6. The van der Waals surface area contributed by atoms with E-state index in [2.05, 4.69) is 4.99 Å². The van der Waals surface area contributed by atoms with Gasteiger partial charge < -0.3 is 13.9 Å². The number of esters is 1. The van der Waals surface area contributed by atoms with Crippen molar-refractivity contribution in [1.82, 2.24) is 0 Å². The zero-order chi connectivity index (χ0) is 15.4. The van der Waals surface area contributed by atoms with Crippen LogP contribution in [-0.2, 0) is 9.53 Å². The van der Waals surface area contributed by atoms with Crippen LogP contribution in [0, 0.1) is 0 Å². The summed E-state index contributed by atoms with van der Waals surface area (Å²) < 4.78 is 15.8. The van der Waals surface area contributed by atoms with Crippen LogP contribution in [0.25, 0.3) is 6.08 Å². The quantitative estimate of drug-likeness (QED) is 0.626. The molecule has 0 N–H and O–H groups in total. The molecule has 3 rings (SSSR count). The Balaban J connectivity index is 1.84. The van der Waals surface area contributed by atoms with Gasteiger partial charge in [-0.1, -0.05) is 19.1 Å². The highest BCUT2D eigenvalue weighted by Crippen LogP contribution is 2.21. The number of ether oxygens (including phenoxy) is 2. The molecule has 1 aliphatic rings. The van der Waals surface area contributed by atoms with Gasteiger partial charge in [-0.25, -0.2) is 9.79 Å². The number of furan rings is 1. The molecule has 0 saturated carbocycles. The van der Waals surface area contributed by atoms with Gasteiger partial charge in [0.1, 0.15) is 5.75 Å². The number of carbonyl (C=O) groups excluding carboxylic acids is 1. The molecule has 0 aliphatic carbocycles. The number of hydrogen-bond acceptors (Lipinski definition) is 5. The predicted octanol–water partition coefficient (Wildman–Crippen LogP) is 3.41. The summed E-state index contributed by atoms with van der Waals surface area (Å²) in [6.45, 7) is 2.70. The van der Waals surface area contributed by atoms with Crippen LogP contribution in [0.4, 0.5) is 0 Å². The lowest BCUT2D eigenvalue weighted by molar-refractivity contribution is -0.130. The fraction of sp³-hybridized carbons (Fsp3) is 0.176. The van der Waals surface area contributed by atoms with Crippen LogP contribution in [0.3, 0.4) is 0 Å². The monoisotopic (exact) mass is 297 g/mol. The van der Waals surface area contributed by atoms with Crippen molar-refractivity contribution in [3.05, 3.63) is 59.7 Å². The normalized spacial score (nSPS) is 15.8. The molecule has 5 nitrogen and oxygen atoms in total. The molecule has 2 aromatic rings. The Morgan fingerprint density at radius 1 is 1.27 bits per heavy atom. The highest BCUT2D eigenvalue weighted by molar-refractivity contribution is 6.11. The van der Waals surface area contributed by atoms with E-state index in [1.165, 1.54) is 6.26 Å². The summed E-state index contributed by atoms with van der Waals surface area (Å²) in [5.74, 6) is 0.875. The van der Waals surface area contributed by atoms with Crippen molar-refractivity contribution in [1.29, 1.82) is 0 Å². The van der Waals surface area contributed by atoms with Gasteiger partial charge in [-0.15, -0.1) is 0 Å². The van der Waals surface area contributed by atoms with Crippen LogP contribution in [0.5, 0.6) is 5.75 Å². The molecule has 0 saturated heterocycles. The molecule has 1 aromatic heterocycles. The fourth-order valence-electron chi connectivity index (χ4n) is 1.99. The summed E-state index contributed by atoms with van der Waals surface area (Å²) >= 11 is 0. The van der Waals surface area contributed by atoms with Crippen molar-refractivity contribution in [2.45, 2.75) is 13.3 Å². The Hall–Kier alpha value is -2.82. The first-order valence-corrected chi connectivity index (χ1v) is 7.05. The maximum absolute atomic E-state index is 11.9. The highest BCUT2D eigenvalue weighted by Gasteiger charge is 2.25. The van der Waals surface area contributed by atoms with Gasteiger partial charge in [-0.05, 0) is 42.3 Å². The van der Waals surface area contributed by atoms with E-state index >= 15 is 0 Å². The van der Waals surface area contributed by atoms with E-state index in [1.807, 2.05) is 31.2 Å². The lowest BCUT2D eigenvalue weighted by Crippen LogP contribution is -2.04. The SMILES string of the molecule is CCCOc1cccc(/C=C2/N=C(c3ccco3)OC2=O)c1. The van der Waals surface area contributed by atoms with E-state index < -0.39 is 5.97 Å². The van der Waals surface area contributed by atoms with E-state index in [9.17, 15) is 4.79 Å². The van der Waals surface area contributed by atoms with Gasteiger partial charge in [0.2, 0.25) is 0 Å². The van der Waals surface area contributed by atoms with Gasteiger partial charge >= 0.3 is 5.97 Å². The lowest BCUT2D eigenvalue weighted by atomic mass is 10.2. The number of nitrogens with zero attached hydrogens (tertiary/aromatic N) is 1. The van der Waals surface area contributed by atoms with Gasteiger partial charge in [-0.2, -0.15) is 0 Å². The van der Waals surface area contributed by atoms with Crippen molar-refractivity contribution >= 4 is 17.9 Å². The Morgan fingerprint density at radius 3 is 2.95 bits per heavy atom. The second kappa shape index (κ2) is 6.30. The van der Waals surface area contributed by atoms with E-state index in [-0.39, 0.29) is 11.6 Å². The number of rotatable bonds is 5. The first-order chi connectivity index (χ1) is 10.8. The molecule has 0 bridgehead atoms. The third-order valence-electron chi connectivity index (χ3n) is 2.99. The maximum atomic E-state index is 11.9. The Bertz CT molecular complexity index is 729. The van der Waals surface area contributed by atoms with Crippen LogP contribution in [-0.4, -0.2) is 18.5 Å². The molecular weight excluding hydrogens is 282 g/mol. The van der Waals surface area contributed by atoms with Gasteiger partial charge in [-0.3, -0.25) is 0 Å². The summed E-state index contributed by atoms with van der Waals surface area (Å²) in [5.41, 5.74) is 1.06. The van der Waals surface area contributed by atoms with Crippen molar-refractivity contribution in [2.24, 2.45) is 4.99 Å². The summed E-state index contributed by atoms with van der Waals surface area (Å²) in [5, 5.41) is 0. The third-order valence-corrected chi connectivity index (χ3v) is 2.99. The molecule has 112 valence electrons. The second-order valence-electron chi connectivity index (χ2n) is 4.73. The van der Waals surface area contributed by atoms with Crippen LogP contribution in [0.1, 0.15) is 24.7 Å². The predicted molar refractivity (Wildman–Crippen MR) is 81.5 cm³/mol. The van der Waals surface area contributed by atoms with Crippen LogP contribution < -0.4 is 4.74 Å². The Kier molecular flexibility index (Phi) is 4.05. The molecule has 2 heterocycles. The van der Waals surface area contributed by atoms with Crippen LogP contribution in [0.2, 0.25) is 0 Å². The minimum absolute atomic E-state index is 0.180. The van der Waals surface area contributed by atoms with Crippen molar-refractivity contribution in [3.8, 4) is 5.75 Å². The molecule has 22 heavy (non-hydrogen) atoms. The van der Waals surface area contributed by atoms with Crippen LogP contribution >= 0.6 is 0 Å². The Morgan fingerprint density at radius 2 is 2.18 bits per heavy atom. The second-order valence-corrected chi connectivity index (χ2v) is 4.73. The Labute approximate surface area is 127 Å². The first-order valence-electron chi connectivity index (χ1n) is 7.05. The van der Waals surface area contributed by atoms with E-state index in [0.717, 1.165) is 17.7 Å². The zero-order valence-electron chi connectivity index (χ0n) is 12.1. The van der Waals surface area contributed by atoms with Gasteiger partial charge in [0, 0.05) is 0 Å². The lowest BCUT2D eigenvalue weighted by Gasteiger charge is -2.04. The standard InChI is InChI=1S/C17H15NO4/c1-2-8-20-13-6-3-5-12(10-13)11-14-17(19)22-16(18-14)15-7-4-9-21-15/h3-7,9-11H,2,8H2,1H3/b14-11+. The van der Waals surface area contributed by atoms with E-state index in [0.29, 0.717) is 12.4 Å². The maximum Gasteiger partial charge on any atom is 0.363 e. The van der Waals surface area contributed by atoms with Crippen molar-refractivity contribution in [3.63, 3.8) is 0 Å². The summed E-state index contributed by atoms with van der Waals surface area (Å²) in [6.07, 6.45) is 4.10. The summed E-state index contributed by atoms with van der Waals surface area (Å²) in [4.78, 5) is 16.0. The number of carbonyl (C=O) groups is 1. The molecule has 0 spiro atoms. The first kappa shape index (κ1) is 14.1. The molecule has 1 aromatic carbocycles. The molecule has 0 unspecified atom stereocenters.